The van der Waals surface area contributed by atoms with Gasteiger partial charge in [0.05, 0.1) is 18.4 Å². The summed E-state index contributed by atoms with van der Waals surface area (Å²) in [6.07, 6.45) is 0. The highest BCUT2D eigenvalue weighted by Gasteiger charge is 2.12. The number of nitrogen functional groups attached to an aromatic ring is 1. The Labute approximate surface area is 126 Å². The first-order valence-electron chi connectivity index (χ1n) is 6.06. The molecule has 21 heavy (non-hydrogen) atoms. The average molecular weight is 310 g/mol. The molecule has 0 spiro atoms. The summed E-state index contributed by atoms with van der Waals surface area (Å²) >= 11 is 5.90. The SMILES string of the molecule is COc1cc(C(=O)OCc2cc(F)ccc2Cl)ccc1N. The molecule has 4 nitrogen and oxygen atoms in total. The Morgan fingerprint density at radius 1 is 1.29 bits per heavy atom. The van der Waals surface area contributed by atoms with Crippen LogP contribution in [0.5, 0.6) is 5.75 Å². The molecule has 0 aliphatic rings. The molecule has 0 heterocycles. The monoisotopic (exact) mass is 309 g/mol. The number of hydrogen-bond acceptors (Lipinski definition) is 4. The highest BCUT2D eigenvalue weighted by molar-refractivity contribution is 6.31. The summed E-state index contributed by atoms with van der Waals surface area (Å²) in [5.41, 5.74) is 6.77. The maximum atomic E-state index is 13.1. The Bertz CT molecular complexity index is 676. The molecule has 0 atom stereocenters. The van der Waals surface area contributed by atoms with Gasteiger partial charge in [-0.1, -0.05) is 11.6 Å². The average Bonchev–Trinajstić information content (AvgIpc) is 2.48. The molecule has 0 amide bonds. The number of ether oxygens (including phenoxy) is 2. The zero-order chi connectivity index (χ0) is 15.4. The van der Waals surface area contributed by atoms with Crippen LogP contribution in [0.4, 0.5) is 10.1 Å². The Kier molecular flexibility index (Phi) is 4.65. The van der Waals surface area contributed by atoms with Crippen molar-refractivity contribution in [2.24, 2.45) is 0 Å². The van der Waals surface area contributed by atoms with Crippen molar-refractivity contribution < 1.29 is 18.7 Å². The first kappa shape index (κ1) is 15.1. The van der Waals surface area contributed by atoms with Crippen LogP contribution in [0.3, 0.4) is 0 Å². The van der Waals surface area contributed by atoms with Crippen LogP contribution in [0.1, 0.15) is 15.9 Å². The fraction of sp³-hybridized carbons (Fsp3) is 0.133. The topological polar surface area (TPSA) is 61.5 Å². The van der Waals surface area contributed by atoms with Crippen LogP contribution in [-0.2, 0) is 11.3 Å². The van der Waals surface area contributed by atoms with Gasteiger partial charge in [0.15, 0.2) is 0 Å². The first-order valence-corrected chi connectivity index (χ1v) is 6.43. The molecule has 0 saturated heterocycles. The third-order valence-corrected chi connectivity index (χ3v) is 3.20. The van der Waals surface area contributed by atoms with E-state index in [0.717, 1.165) is 0 Å². The van der Waals surface area contributed by atoms with Crippen LogP contribution in [0.2, 0.25) is 5.02 Å². The maximum absolute atomic E-state index is 13.1. The van der Waals surface area contributed by atoms with E-state index < -0.39 is 11.8 Å². The minimum absolute atomic E-state index is 0.123. The Morgan fingerprint density at radius 2 is 2.05 bits per heavy atom. The number of nitrogens with two attached hydrogens (primary N) is 1. The number of esters is 1. The summed E-state index contributed by atoms with van der Waals surface area (Å²) in [7, 11) is 1.45. The number of halogens is 2. The second-order valence-corrected chi connectivity index (χ2v) is 4.68. The maximum Gasteiger partial charge on any atom is 0.338 e. The predicted molar refractivity (Wildman–Crippen MR) is 77.9 cm³/mol. The number of rotatable bonds is 4. The third kappa shape index (κ3) is 3.64. The highest BCUT2D eigenvalue weighted by atomic mass is 35.5. The van der Waals surface area contributed by atoms with Crippen molar-refractivity contribution in [3.63, 3.8) is 0 Å². The van der Waals surface area contributed by atoms with E-state index in [-0.39, 0.29) is 12.2 Å². The smallest absolute Gasteiger partial charge is 0.338 e. The van der Waals surface area contributed by atoms with E-state index in [0.29, 0.717) is 22.0 Å². The van der Waals surface area contributed by atoms with Crippen LogP contribution in [0.15, 0.2) is 36.4 Å². The summed E-state index contributed by atoms with van der Waals surface area (Å²) < 4.78 is 23.2. The van der Waals surface area contributed by atoms with Crippen LogP contribution in [0, 0.1) is 5.82 Å². The number of benzene rings is 2. The minimum atomic E-state index is -0.575. The van der Waals surface area contributed by atoms with E-state index in [1.807, 2.05) is 0 Å². The van der Waals surface area contributed by atoms with Gasteiger partial charge in [-0.15, -0.1) is 0 Å². The van der Waals surface area contributed by atoms with Crippen molar-refractivity contribution in [3.8, 4) is 5.75 Å². The van der Waals surface area contributed by atoms with Gasteiger partial charge in [-0.25, -0.2) is 9.18 Å². The summed E-state index contributed by atoms with van der Waals surface area (Å²) in [6.45, 7) is -0.123. The summed E-state index contributed by atoms with van der Waals surface area (Å²) in [4.78, 5) is 11.9. The highest BCUT2D eigenvalue weighted by Crippen LogP contribution is 2.23. The fourth-order valence-electron chi connectivity index (χ4n) is 1.72. The lowest BCUT2D eigenvalue weighted by Crippen LogP contribution is -2.06. The van der Waals surface area contributed by atoms with Crippen LogP contribution in [-0.4, -0.2) is 13.1 Å². The number of carbonyl (C=O) groups is 1. The number of anilines is 1. The van der Waals surface area contributed by atoms with Crippen molar-refractivity contribution in [1.29, 1.82) is 0 Å². The summed E-state index contributed by atoms with van der Waals surface area (Å²) in [5.74, 6) is -0.638. The molecule has 2 rings (SSSR count). The Balaban J connectivity index is 2.10. The first-order chi connectivity index (χ1) is 10.0. The van der Waals surface area contributed by atoms with Gasteiger partial charge in [-0.2, -0.15) is 0 Å². The molecule has 2 N–H and O–H groups in total. The van der Waals surface area contributed by atoms with Crippen LogP contribution < -0.4 is 10.5 Å². The van der Waals surface area contributed by atoms with Gasteiger partial charge in [0, 0.05) is 10.6 Å². The van der Waals surface area contributed by atoms with Gasteiger partial charge in [0.2, 0.25) is 0 Å². The van der Waals surface area contributed by atoms with E-state index in [1.165, 1.54) is 37.4 Å². The van der Waals surface area contributed by atoms with Crippen molar-refractivity contribution in [1.82, 2.24) is 0 Å². The van der Waals surface area contributed by atoms with E-state index in [1.54, 1.807) is 6.07 Å². The molecule has 2 aromatic carbocycles. The lowest BCUT2D eigenvalue weighted by molar-refractivity contribution is 0.0472. The molecule has 110 valence electrons. The van der Waals surface area contributed by atoms with Gasteiger partial charge in [-0.3, -0.25) is 0 Å². The molecule has 0 radical (unpaired) electrons. The standard InChI is InChI=1S/C15H13ClFNO3/c1-20-14-7-9(2-5-13(14)18)15(19)21-8-10-6-11(17)3-4-12(10)16/h2-7H,8,18H2,1H3. The third-order valence-electron chi connectivity index (χ3n) is 2.84. The van der Waals surface area contributed by atoms with E-state index in [9.17, 15) is 9.18 Å². The lowest BCUT2D eigenvalue weighted by atomic mass is 10.2. The fourth-order valence-corrected chi connectivity index (χ4v) is 1.89. The molecular formula is C15H13ClFNO3. The van der Waals surface area contributed by atoms with Crippen molar-refractivity contribution in [2.75, 3.05) is 12.8 Å². The molecular weight excluding hydrogens is 297 g/mol. The molecule has 0 unspecified atom stereocenters. The molecule has 0 aliphatic carbocycles. The van der Waals surface area contributed by atoms with Gasteiger partial charge < -0.3 is 15.2 Å². The number of carbonyl (C=O) groups excluding carboxylic acids is 1. The van der Waals surface area contributed by atoms with Gasteiger partial charge in [-0.05, 0) is 36.4 Å². The van der Waals surface area contributed by atoms with Crippen molar-refractivity contribution in [3.05, 3.63) is 58.4 Å². The van der Waals surface area contributed by atoms with E-state index >= 15 is 0 Å². The van der Waals surface area contributed by atoms with Crippen molar-refractivity contribution in [2.45, 2.75) is 6.61 Å². The van der Waals surface area contributed by atoms with E-state index in [2.05, 4.69) is 0 Å². The summed E-state index contributed by atoms with van der Waals surface area (Å²) in [5, 5.41) is 0.332. The molecule has 6 heteroatoms. The molecule has 0 bridgehead atoms. The second kappa shape index (κ2) is 6.45. The molecule has 0 fully saturated rings. The lowest BCUT2D eigenvalue weighted by Gasteiger charge is -2.09. The van der Waals surface area contributed by atoms with E-state index in [4.69, 9.17) is 26.8 Å². The number of hydrogen-bond donors (Lipinski definition) is 1. The quantitative estimate of drug-likeness (QED) is 0.694. The van der Waals surface area contributed by atoms with Gasteiger partial charge >= 0.3 is 5.97 Å². The Hall–Kier alpha value is -2.27. The number of methoxy groups -OCH3 is 1. The zero-order valence-corrected chi connectivity index (χ0v) is 12.0. The Morgan fingerprint density at radius 3 is 2.76 bits per heavy atom. The largest absolute Gasteiger partial charge is 0.495 e. The normalized spacial score (nSPS) is 10.2. The van der Waals surface area contributed by atoms with Gasteiger partial charge in [0.25, 0.3) is 0 Å². The van der Waals surface area contributed by atoms with Gasteiger partial charge in [0.1, 0.15) is 18.2 Å². The van der Waals surface area contributed by atoms with Crippen molar-refractivity contribution >= 4 is 23.3 Å². The predicted octanol–water partition coefficient (Wildman–Crippen LogP) is 3.43. The van der Waals surface area contributed by atoms with Crippen LogP contribution in [0.25, 0.3) is 0 Å². The molecule has 0 aliphatic heterocycles. The molecule has 2 aromatic rings. The summed E-state index contributed by atoms with van der Waals surface area (Å²) in [6, 6.07) is 8.41. The molecule has 0 saturated carbocycles. The van der Waals surface area contributed by atoms with Crippen LogP contribution >= 0.6 is 11.6 Å². The zero-order valence-electron chi connectivity index (χ0n) is 11.2. The second-order valence-electron chi connectivity index (χ2n) is 4.27. The molecule has 0 aromatic heterocycles. The minimum Gasteiger partial charge on any atom is -0.495 e.